The number of sulfonamides is 1. The van der Waals surface area contributed by atoms with Gasteiger partial charge in [-0.3, -0.25) is 4.79 Å². The van der Waals surface area contributed by atoms with E-state index in [1.54, 1.807) is 24.3 Å². The highest BCUT2D eigenvalue weighted by Crippen LogP contribution is 2.22. The van der Waals surface area contributed by atoms with E-state index in [0.717, 1.165) is 0 Å². The van der Waals surface area contributed by atoms with E-state index in [0.29, 0.717) is 14.9 Å². The molecule has 0 fully saturated rings. The highest BCUT2D eigenvalue weighted by molar-refractivity contribution is 7.89. The number of anilines is 1. The van der Waals surface area contributed by atoms with Crippen LogP contribution in [0.25, 0.3) is 0 Å². The number of hydrogen-bond acceptors (Lipinski definition) is 5. The molecule has 0 saturated carbocycles. The molecule has 1 heterocycles. The van der Waals surface area contributed by atoms with E-state index in [4.69, 9.17) is 16.7 Å². The number of ketones is 1. The van der Waals surface area contributed by atoms with Gasteiger partial charge in [0.15, 0.2) is 5.78 Å². The summed E-state index contributed by atoms with van der Waals surface area (Å²) in [5.41, 5.74) is 0.635. The number of thiophene rings is 1. The van der Waals surface area contributed by atoms with Crippen molar-refractivity contribution in [1.82, 2.24) is 0 Å². The lowest BCUT2D eigenvalue weighted by Gasteiger charge is -2.02. The number of nitrogens with one attached hydrogen (secondary N) is 1. The summed E-state index contributed by atoms with van der Waals surface area (Å²) in [6, 6.07) is 9.18. The number of nitrogens with two attached hydrogens (primary N) is 1. The van der Waals surface area contributed by atoms with Gasteiger partial charge < -0.3 is 5.32 Å². The molecule has 0 bridgehead atoms. The van der Waals surface area contributed by atoms with Gasteiger partial charge in [-0.25, -0.2) is 13.6 Å². The van der Waals surface area contributed by atoms with Crippen LogP contribution in [0.3, 0.4) is 0 Å². The molecule has 21 heavy (non-hydrogen) atoms. The lowest BCUT2D eigenvalue weighted by Crippen LogP contribution is -2.11. The summed E-state index contributed by atoms with van der Waals surface area (Å²) >= 11 is 6.96. The number of carbonyl (C=O) groups is 1. The van der Waals surface area contributed by atoms with Crippen molar-refractivity contribution in [2.45, 2.75) is 4.90 Å². The monoisotopic (exact) mass is 342 g/mol. The van der Waals surface area contributed by atoms with E-state index < -0.39 is 10.0 Å². The van der Waals surface area contributed by atoms with E-state index in [1.807, 2.05) is 0 Å². The molecule has 1 aromatic heterocycles. The van der Waals surface area contributed by atoms with E-state index >= 15 is 0 Å². The Bertz CT molecular complexity index is 780. The first-order valence-corrected chi connectivity index (χ1v) is 8.46. The third-order valence-corrected chi connectivity index (χ3v) is 4.66. The zero-order valence-corrected chi connectivity index (χ0v) is 13.0. The third-order valence-electron chi connectivity index (χ3n) is 2.48. The first-order chi connectivity index (χ1) is 9.86. The molecular formula is C13H11ClN2O3S2. The molecule has 110 valence electrons. The number of allylic oxidation sites excluding steroid dienone is 1. The van der Waals surface area contributed by atoms with Crippen molar-refractivity contribution >= 4 is 44.4 Å². The zero-order chi connectivity index (χ0) is 15.5. The molecule has 3 N–H and O–H groups in total. The minimum Gasteiger partial charge on any atom is -0.362 e. The summed E-state index contributed by atoms with van der Waals surface area (Å²) in [5, 5.41) is 7.86. The highest BCUT2D eigenvalue weighted by atomic mass is 35.5. The number of benzene rings is 1. The van der Waals surface area contributed by atoms with Crippen LogP contribution in [0.15, 0.2) is 53.6 Å². The fourth-order valence-electron chi connectivity index (χ4n) is 1.48. The van der Waals surface area contributed by atoms with Crippen molar-refractivity contribution in [2.24, 2.45) is 5.14 Å². The Morgan fingerprint density at radius 1 is 1.19 bits per heavy atom. The molecule has 2 aromatic rings. The van der Waals surface area contributed by atoms with E-state index in [1.165, 1.54) is 35.7 Å². The second-order valence-corrected chi connectivity index (χ2v) is 7.29. The number of primary sulfonamides is 1. The lowest BCUT2D eigenvalue weighted by molar-refractivity contribution is 0.105. The smallest absolute Gasteiger partial charge is 0.238 e. The summed E-state index contributed by atoms with van der Waals surface area (Å²) < 4.78 is 22.7. The first kappa shape index (κ1) is 15.7. The minimum absolute atomic E-state index is 0.0290. The predicted octanol–water partition coefficient (Wildman–Crippen LogP) is 2.86. The number of halogens is 1. The second-order valence-electron chi connectivity index (χ2n) is 4.02. The molecule has 5 nitrogen and oxygen atoms in total. The van der Waals surface area contributed by atoms with Gasteiger partial charge in [0, 0.05) is 18.0 Å². The fourth-order valence-corrected chi connectivity index (χ4v) is 2.96. The van der Waals surface area contributed by atoms with Gasteiger partial charge in [-0.2, -0.15) is 0 Å². The molecule has 0 spiro atoms. The molecule has 0 aliphatic heterocycles. The normalized spacial score (nSPS) is 11.7. The Balaban J connectivity index is 2.00. The van der Waals surface area contributed by atoms with Gasteiger partial charge in [0.05, 0.1) is 14.1 Å². The average molecular weight is 343 g/mol. The maximum absolute atomic E-state index is 11.8. The Kier molecular flexibility index (Phi) is 4.79. The first-order valence-electron chi connectivity index (χ1n) is 5.72. The summed E-state index contributed by atoms with van der Waals surface area (Å²) in [4.78, 5) is 12.3. The zero-order valence-electron chi connectivity index (χ0n) is 10.6. The van der Waals surface area contributed by atoms with Gasteiger partial charge in [0.2, 0.25) is 10.0 Å². The van der Waals surface area contributed by atoms with Crippen LogP contribution in [0.2, 0.25) is 4.34 Å². The van der Waals surface area contributed by atoms with Crippen molar-refractivity contribution in [2.75, 3.05) is 5.32 Å². The van der Waals surface area contributed by atoms with Crippen molar-refractivity contribution in [3.63, 3.8) is 0 Å². The number of hydrogen-bond donors (Lipinski definition) is 2. The molecule has 0 aliphatic rings. The van der Waals surface area contributed by atoms with Crippen LogP contribution in [0.4, 0.5) is 5.69 Å². The van der Waals surface area contributed by atoms with Crippen LogP contribution in [0.5, 0.6) is 0 Å². The Morgan fingerprint density at radius 2 is 1.86 bits per heavy atom. The highest BCUT2D eigenvalue weighted by Gasteiger charge is 2.06. The van der Waals surface area contributed by atoms with Gasteiger partial charge in [-0.05, 0) is 36.4 Å². The molecule has 2 rings (SSSR count). The minimum atomic E-state index is -3.70. The van der Waals surface area contributed by atoms with Crippen LogP contribution < -0.4 is 10.5 Å². The van der Waals surface area contributed by atoms with Gasteiger partial charge in [0.25, 0.3) is 0 Å². The molecule has 0 radical (unpaired) electrons. The van der Waals surface area contributed by atoms with Crippen molar-refractivity contribution in [3.05, 3.63) is 57.9 Å². The second kappa shape index (κ2) is 6.40. The standard InChI is InChI=1S/C13H11ClN2O3S2/c14-13-6-5-12(20-13)11(17)7-8-16-9-1-3-10(4-2-9)21(15,18)19/h1-8,16H,(H2,15,18,19)/b8-7+. The van der Waals surface area contributed by atoms with Gasteiger partial charge >= 0.3 is 0 Å². The van der Waals surface area contributed by atoms with Gasteiger partial charge in [-0.15, -0.1) is 11.3 Å². The summed E-state index contributed by atoms with van der Waals surface area (Å²) in [6.07, 6.45) is 2.84. The van der Waals surface area contributed by atoms with Crippen molar-refractivity contribution in [1.29, 1.82) is 0 Å². The van der Waals surface area contributed by atoms with E-state index in [-0.39, 0.29) is 10.7 Å². The SMILES string of the molecule is NS(=O)(=O)c1ccc(N/C=C/C(=O)c2ccc(Cl)s2)cc1. The topological polar surface area (TPSA) is 89.3 Å². The largest absolute Gasteiger partial charge is 0.362 e. The molecule has 0 atom stereocenters. The molecule has 0 aliphatic carbocycles. The quantitative estimate of drug-likeness (QED) is 0.646. The molecule has 0 amide bonds. The van der Waals surface area contributed by atoms with Crippen LogP contribution >= 0.6 is 22.9 Å². The van der Waals surface area contributed by atoms with Gasteiger partial charge in [-0.1, -0.05) is 11.6 Å². The Labute approximate surface area is 131 Å². The maximum Gasteiger partial charge on any atom is 0.238 e. The van der Waals surface area contributed by atoms with Gasteiger partial charge in [0.1, 0.15) is 0 Å². The molecular weight excluding hydrogens is 332 g/mol. The van der Waals surface area contributed by atoms with E-state index in [9.17, 15) is 13.2 Å². The molecule has 8 heteroatoms. The van der Waals surface area contributed by atoms with Crippen LogP contribution in [-0.2, 0) is 10.0 Å². The molecule has 1 aromatic carbocycles. The van der Waals surface area contributed by atoms with Crippen LogP contribution in [0.1, 0.15) is 9.67 Å². The van der Waals surface area contributed by atoms with Crippen LogP contribution in [0, 0.1) is 0 Å². The Morgan fingerprint density at radius 3 is 2.38 bits per heavy atom. The lowest BCUT2D eigenvalue weighted by atomic mass is 10.3. The van der Waals surface area contributed by atoms with E-state index in [2.05, 4.69) is 5.32 Å². The molecule has 0 saturated heterocycles. The number of rotatable bonds is 5. The summed E-state index contributed by atoms with van der Waals surface area (Å²) in [6.45, 7) is 0. The molecule has 0 unspecified atom stereocenters. The average Bonchev–Trinajstić information content (AvgIpc) is 2.85. The summed E-state index contributed by atoms with van der Waals surface area (Å²) in [5.74, 6) is -0.166. The summed E-state index contributed by atoms with van der Waals surface area (Å²) in [7, 11) is -3.70. The third kappa shape index (κ3) is 4.40. The fraction of sp³-hybridized carbons (Fsp3) is 0. The Hall–Kier alpha value is -1.67. The van der Waals surface area contributed by atoms with Crippen molar-refractivity contribution in [3.8, 4) is 0 Å². The predicted molar refractivity (Wildman–Crippen MR) is 84.2 cm³/mol. The number of carbonyl (C=O) groups excluding carboxylic acids is 1. The maximum atomic E-state index is 11.8. The van der Waals surface area contributed by atoms with Crippen molar-refractivity contribution < 1.29 is 13.2 Å². The van der Waals surface area contributed by atoms with Crippen LogP contribution in [-0.4, -0.2) is 14.2 Å².